The molecule has 0 saturated heterocycles. The topological polar surface area (TPSA) is 101 Å². The third-order valence-corrected chi connectivity index (χ3v) is 2.46. The maximum atomic E-state index is 11.5. The van der Waals surface area contributed by atoms with E-state index in [9.17, 15) is 9.59 Å². The second kappa shape index (κ2) is 8.78. The molecule has 0 radical (unpaired) electrons. The first-order valence-electron chi connectivity index (χ1n) is 6.82. The van der Waals surface area contributed by atoms with Crippen molar-refractivity contribution in [3.8, 4) is 5.88 Å². The van der Waals surface area contributed by atoms with Crippen LogP contribution in [0.2, 0.25) is 0 Å². The van der Waals surface area contributed by atoms with Gasteiger partial charge in [-0.05, 0) is 25.8 Å². The number of hydrogen-bond donors (Lipinski definition) is 3. The van der Waals surface area contributed by atoms with E-state index in [0.29, 0.717) is 25.4 Å². The van der Waals surface area contributed by atoms with Crippen molar-refractivity contribution in [3.05, 3.63) is 23.9 Å². The molecule has 0 spiro atoms. The molecule has 3 N–H and O–H groups in total. The molecular weight excluding hydrogens is 274 g/mol. The van der Waals surface area contributed by atoms with E-state index in [4.69, 9.17) is 9.84 Å². The molecule has 0 unspecified atom stereocenters. The average Bonchev–Trinajstić information content (AvgIpc) is 2.42. The Morgan fingerprint density at radius 3 is 2.67 bits per heavy atom. The van der Waals surface area contributed by atoms with E-state index in [-0.39, 0.29) is 18.6 Å². The lowest BCUT2D eigenvalue weighted by molar-refractivity contribution is -0.137. The van der Waals surface area contributed by atoms with Gasteiger partial charge < -0.3 is 20.5 Å². The second-order valence-electron chi connectivity index (χ2n) is 4.78. The summed E-state index contributed by atoms with van der Waals surface area (Å²) in [6.45, 7) is 4.52. The summed E-state index contributed by atoms with van der Waals surface area (Å²) in [4.78, 5) is 25.9. The van der Waals surface area contributed by atoms with E-state index < -0.39 is 5.97 Å². The van der Waals surface area contributed by atoms with Gasteiger partial charge in [-0.1, -0.05) is 6.07 Å². The van der Waals surface area contributed by atoms with Crippen LogP contribution >= 0.6 is 0 Å². The molecule has 0 aliphatic carbocycles. The average molecular weight is 295 g/mol. The fourth-order valence-electron chi connectivity index (χ4n) is 1.51. The number of rotatable bonds is 8. The van der Waals surface area contributed by atoms with Crippen molar-refractivity contribution in [2.24, 2.45) is 0 Å². The number of nitrogens with zero attached hydrogens (tertiary/aromatic N) is 1. The number of hydrogen-bond acceptors (Lipinski definition) is 4. The number of carbonyl (C=O) groups excluding carboxylic acids is 1. The van der Waals surface area contributed by atoms with Gasteiger partial charge in [0, 0.05) is 31.8 Å². The van der Waals surface area contributed by atoms with Crippen LogP contribution in [0.15, 0.2) is 18.3 Å². The van der Waals surface area contributed by atoms with Crippen LogP contribution in [0.1, 0.15) is 32.3 Å². The molecule has 7 heteroatoms. The fourth-order valence-corrected chi connectivity index (χ4v) is 1.51. The Morgan fingerprint density at radius 1 is 1.33 bits per heavy atom. The largest absolute Gasteiger partial charge is 0.481 e. The van der Waals surface area contributed by atoms with Gasteiger partial charge in [-0.2, -0.15) is 0 Å². The number of pyridine rings is 1. The number of aromatic nitrogens is 1. The molecule has 0 aliphatic rings. The molecule has 0 saturated carbocycles. The molecule has 1 heterocycles. The summed E-state index contributed by atoms with van der Waals surface area (Å²) in [5.41, 5.74) is 0.854. The van der Waals surface area contributed by atoms with E-state index in [2.05, 4.69) is 15.6 Å². The second-order valence-corrected chi connectivity index (χ2v) is 4.78. The molecule has 0 aliphatic heterocycles. The number of carboxylic acids is 1. The minimum atomic E-state index is -0.869. The first-order chi connectivity index (χ1) is 9.97. The predicted molar refractivity (Wildman–Crippen MR) is 77.1 cm³/mol. The lowest BCUT2D eigenvalue weighted by atomic mass is 10.3. The highest BCUT2D eigenvalue weighted by molar-refractivity contribution is 5.73. The SMILES string of the molecule is CC(C)Oc1ccc(CNC(=O)NCCCC(=O)O)cn1. The number of urea groups is 1. The van der Waals surface area contributed by atoms with E-state index in [0.717, 1.165) is 5.56 Å². The zero-order valence-electron chi connectivity index (χ0n) is 12.3. The zero-order valence-corrected chi connectivity index (χ0v) is 12.3. The van der Waals surface area contributed by atoms with Crippen LogP contribution in [0, 0.1) is 0 Å². The number of amides is 2. The van der Waals surface area contributed by atoms with Crippen LogP contribution in [0.5, 0.6) is 5.88 Å². The minimum absolute atomic E-state index is 0.0432. The highest BCUT2D eigenvalue weighted by Crippen LogP contribution is 2.09. The quantitative estimate of drug-likeness (QED) is 0.631. The van der Waals surface area contributed by atoms with E-state index in [1.54, 1.807) is 12.3 Å². The Morgan fingerprint density at radius 2 is 2.10 bits per heavy atom. The molecule has 1 aromatic heterocycles. The summed E-state index contributed by atoms with van der Waals surface area (Å²) in [5.74, 6) is -0.320. The van der Waals surface area contributed by atoms with Crippen LogP contribution < -0.4 is 15.4 Å². The third-order valence-electron chi connectivity index (χ3n) is 2.46. The Bertz CT molecular complexity index is 460. The summed E-state index contributed by atoms with van der Waals surface area (Å²) < 4.78 is 5.42. The van der Waals surface area contributed by atoms with Crippen molar-refractivity contribution in [1.82, 2.24) is 15.6 Å². The molecule has 0 aromatic carbocycles. The smallest absolute Gasteiger partial charge is 0.315 e. The van der Waals surface area contributed by atoms with Gasteiger partial charge in [0.25, 0.3) is 0 Å². The maximum absolute atomic E-state index is 11.5. The van der Waals surface area contributed by atoms with Crippen LogP contribution in [0.3, 0.4) is 0 Å². The molecule has 21 heavy (non-hydrogen) atoms. The van der Waals surface area contributed by atoms with Crippen LogP contribution in [0.4, 0.5) is 4.79 Å². The predicted octanol–water partition coefficient (Wildman–Crippen LogP) is 1.53. The Labute approximate surface area is 123 Å². The Kier molecular flexibility index (Phi) is 7.00. The Hall–Kier alpha value is -2.31. The summed E-state index contributed by atoms with van der Waals surface area (Å²) in [6, 6.07) is 3.25. The summed E-state index contributed by atoms with van der Waals surface area (Å²) in [7, 11) is 0. The number of ether oxygens (including phenoxy) is 1. The van der Waals surface area contributed by atoms with Gasteiger partial charge in [-0.25, -0.2) is 9.78 Å². The monoisotopic (exact) mass is 295 g/mol. The van der Waals surface area contributed by atoms with Crippen molar-refractivity contribution in [3.63, 3.8) is 0 Å². The van der Waals surface area contributed by atoms with Crippen molar-refractivity contribution < 1.29 is 19.4 Å². The zero-order chi connectivity index (χ0) is 15.7. The number of nitrogens with one attached hydrogen (secondary N) is 2. The van der Waals surface area contributed by atoms with Crippen molar-refractivity contribution in [2.75, 3.05) is 6.54 Å². The molecule has 1 aromatic rings. The van der Waals surface area contributed by atoms with E-state index in [1.807, 2.05) is 19.9 Å². The maximum Gasteiger partial charge on any atom is 0.315 e. The molecule has 0 bridgehead atoms. The standard InChI is InChI=1S/C14H21N3O4/c1-10(2)21-12-6-5-11(8-16-12)9-17-14(20)15-7-3-4-13(18)19/h5-6,8,10H,3-4,7,9H2,1-2H3,(H,18,19)(H2,15,17,20). The van der Waals surface area contributed by atoms with Gasteiger partial charge in [-0.3, -0.25) is 4.79 Å². The molecule has 1 rings (SSSR count). The highest BCUT2D eigenvalue weighted by Gasteiger charge is 2.03. The van der Waals surface area contributed by atoms with Crippen LogP contribution in [-0.4, -0.2) is 34.7 Å². The Balaban J connectivity index is 2.24. The number of aliphatic carboxylic acids is 1. The highest BCUT2D eigenvalue weighted by atomic mass is 16.5. The van der Waals surface area contributed by atoms with Gasteiger partial charge in [0.15, 0.2) is 0 Å². The number of carboxylic acid groups (broad SMARTS) is 1. The number of carbonyl (C=O) groups is 2. The summed E-state index contributed by atoms with van der Waals surface area (Å²) in [6.07, 6.45) is 2.16. The molecule has 116 valence electrons. The molecule has 0 atom stereocenters. The van der Waals surface area contributed by atoms with Gasteiger partial charge in [0.05, 0.1) is 6.10 Å². The molecular formula is C14H21N3O4. The normalized spacial score (nSPS) is 10.2. The van der Waals surface area contributed by atoms with Crippen LogP contribution in [-0.2, 0) is 11.3 Å². The third kappa shape index (κ3) is 7.76. The van der Waals surface area contributed by atoms with Crippen LogP contribution in [0.25, 0.3) is 0 Å². The van der Waals surface area contributed by atoms with Gasteiger partial charge in [0.2, 0.25) is 5.88 Å². The summed E-state index contributed by atoms with van der Waals surface area (Å²) >= 11 is 0. The lowest BCUT2D eigenvalue weighted by Gasteiger charge is -2.10. The first kappa shape index (κ1) is 16.7. The summed E-state index contributed by atoms with van der Waals surface area (Å²) in [5, 5.41) is 13.7. The van der Waals surface area contributed by atoms with Gasteiger partial charge in [0.1, 0.15) is 0 Å². The van der Waals surface area contributed by atoms with E-state index >= 15 is 0 Å². The van der Waals surface area contributed by atoms with Crippen molar-refractivity contribution in [2.45, 2.75) is 39.3 Å². The molecule has 7 nitrogen and oxygen atoms in total. The minimum Gasteiger partial charge on any atom is -0.481 e. The fraction of sp³-hybridized carbons (Fsp3) is 0.500. The lowest BCUT2D eigenvalue weighted by Crippen LogP contribution is -2.35. The van der Waals surface area contributed by atoms with Gasteiger partial charge in [-0.15, -0.1) is 0 Å². The van der Waals surface area contributed by atoms with Gasteiger partial charge >= 0.3 is 12.0 Å². The van der Waals surface area contributed by atoms with E-state index in [1.165, 1.54) is 0 Å². The van der Waals surface area contributed by atoms with Crippen molar-refractivity contribution in [1.29, 1.82) is 0 Å². The van der Waals surface area contributed by atoms with Crippen molar-refractivity contribution >= 4 is 12.0 Å². The molecule has 2 amide bonds. The first-order valence-corrected chi connectivity index (χ1v) is 6.82. The molecule has 0 fully saturated rings.